The molecule has 0 amide bonds. The van der Waals surface area contributed by atoms with Crippen LogP contribution in [0.15, 0.2) is 18.2 Å². The van der Waals surface area contributed by atoms with Crippen molar-refractivity contribution in [1.82, 2.24) is 0 Å². The van der Waals surface area contributed by atoms with Crippen molar-refractivity contribution in [2.75, 3.05) is 6.61 Å². The molecule has 0 bridgehead atoms. The van der Waals surface area contributed by atoms with Gasteiger partial charge in [-0.2, -0.15) is 8.78 Å². The minimum atomic E-state index is -2.90. The van der Waals surface area contributed by atoms with Crippen LogP contribution in [0.25, 0.3) is 0 Å². The summed E-state index contributed by atoms with van der Waals surface area (Å²) in [4.78, 5) is -0.232. The highest BCUT2D eigenvalue weighted by atomic mass is 79.9. The number of benzene rings is 1. The molecule has 0 saturated carbocycles. The number of rotatable bonds is 6. The van der Waals surface area contributed by atoms with Crippen molar-refractivity contribution < 1.29 is 23.0 Å². The van der Waals surface area contributed by atoms with Crippen LogP contribution in [0, 0.1) is 0 Å². The van der Waals surface area contributed by atoms with Gasteiger partial charge < -0.3 is 14.2 Å². The van der Waals surface area contributed by atoms with Gasteiger partial charge in [0.25, 0.3) is 0 Å². The molecule has 1 aromatic carbocycles. The Balaban J connectivity index is 2.06. The predicted molar refractivity (Wildman–Crippen MR) is 79.3 cm³/mol. The summed E-state index contributed by atoms with van der Waals surface area (Å²) in [7, 11) is 0. The summed E-state index contributed by atoms with van der Waals surface area (Å²) < 4.78 is 40.7. The summed E-state index contributed by atoms with van der Waals surface area (Å²) in [6.07, 6.45) is 1.12. The van der Waals surface area contributed by atoms with Crippen molar-refractivity contribution >= 4 is 27.5 Å². The van der Waals surface area contributed by atoms with E-state index in [1.165, 1.54) is 6.07 Å². The fourth-order valence-corrected chi connectivity index (χ4v) is 2.95. The summed E-state index contributed by atoms with van der Waals surface area (Å²) >= 11 is 9.30. The molecule has 1 heterocycles. The van der Waals surface area contributed by atoms with Crippen LogP contribution in [-0.4, -0.2) is 25.6 Å². The van der Waals surface area contributed by atoms with E-state index in [1.54, 1.807) is 12.1 Å². The second kappa shape index (κ2) is 7.72. The highest BCUT2D eigenvalue weighted by molar-refractivity contribution is 9.09. The lowest BCUT2D eigenvalue weighted by molar-refractivity contribution is -0.0629. The molecule has 1 aromatic rings. The van der Waals surface area contributed by atoms with E-state index < -0.39 is 6.61 Å². The van der Waals surface area contributed by atoms with Gasteiger partial charge in [-0.3, -0.25) is 0 Å². The van der Waals surface area contributed by atoms with Crippen LogP contribution in [-0.2, 0) is 9.47 Å². The third kappa shape index (κ3) is 4.77. The zero-order valence-electron chi connectivity index (χ0n) is 11.4. The molecule has 1 saturated heterocycles. The second-order valence-corrected chi connectivity index (χ2v) is 6.23. The fourth-order valence-electron chi connectivity index (χ4n) is 2.11. The average Bonchev–Trinajstić information content (AvgIpc) is 2.85. The van der Waals surface area contributed by atoms with E-state index >= 15 is 0 Å². The zero-order chi connectivity index (χ0) is 15.4. The normalized spacial score (nSPS) is 23.5. The van der Waals surface area contributed by atoms with E-state index in [2.05, 4.69) is 20.7 Å². The maximum absolute atomic E-state index is 12.5. The molecule has 118 valence electrons. The highest BCUT2D eigenvalue weighted by Crippen LogP contribution is 2.38. The van der Waals surface area contributed by atoms with Crippen LogP contribution in [0.3, 0.4) is 0 Å². The second-order valence-electron chi connectivity index (χ2n) is 4.69. The van der Waals surface area contributed by atoms with Gasteiger partial charge in [0, 0.05) is 21.8 Å². The standard InChI is InChI=1S/C14H16BrClF2O3/c1-2-9-7-19-13(20-9)6-11(15)10-4-3-8(16)5-12(10)21-14(17)18/h3-5,9,11,13-14H,2,6-7H2,1H3. The minimum absolute atomic E-state index is 0.0596. The lowest BCUT2D eigenvalue weighted by Crippen LogP contribution is -2.14. The van der Waals surface area contributed by atoms with Crippen LogP contribution in [0.4, 0.5) is 8.78 Å². The van der Waals surface area contributed by atoms with Gasteiger partial charge in [0.15, 0.2) is 6.29 Å². The third-order valence-corrected chi connectivity index (χ3v) is 4.30. The van der Waals surface area contributed by atoms with Crippen LogP contribution in [0.1, 0.15) is 30.2 Å². The van der Waals surface area contributed by atoms with Gasteiger partial charge in [0.2, 0.25) is 0 Å². The molecule has 0 radical (unpaired) electrons. The average molecular weight is 386 g/mol. The molecule has 1 fully saturated rings. The molecular formula is C14H16BrClF2O3. The molecule has 21 heavy (non-hydrogen) atoms. The van der Waals surface area contributed by atoms with Crippen LogP contribution < -0.4 is 4.74 Å². The highest BCUT2D eigenvalue weighted by Gasteiger charge is 2.28. The third-order valence-electron chi connectivity index (χ3n) is 3.20. The Hall–Kier alpha value is -0.430. The number of hydrogen-bond acceptors (Lipinski definition) is 3. The maximum Gasteiger partial charge on any atom is 0.387 e. The predicted octanol–water partition coefficient (Wildman–Crippen LogP) is 4.92. The summed E-state index contributed by atoms with van der Waals surface area (Å²) in [6.45, 7) is -0.317. The quantitative estimate of drug-likeness (QED) is 0.651. The zero-order valence-corrected chi connectivity index (χ0v) is 13.7. The van der Waals surface area contributed by atoms with E-state index in [9.17, 15) is 8.78 Å². The summed E-state index contributed by atoms with van der Waals surface area (Å²) in [5.41, 5.74) is 0.590. The number of alkyl halides is 3. The summed E-state index contributed by atoms with van der Waals surface area (Å²) in [5.74, 6) is 0.0596. The molecule has 0 spiro atoms. The maximum atomic E-state index is 12.5. The first-order chi connectivity index (χ1) is 9.99. The number of hydrogen-bond donors (Lipinski definition) is 0. The molecule has 7 heteroatoms. The number of ether oxygens (including phenoxy) is 3. The van der Waals surface area contributed by atoms with Crippen molar-refractivity contribution in [3.8, 4) is 5.75 Å². The van der Waals surface area contributed by atoms with E-state index in [0.717, 1.165) is 6.42 Å². The Labute approximate surface area is 135 Å². The molecule has 0 aliphatic carbocycles. The SMILES string of the molecule is CCC1COC(CC(Br)c2ccc(Cl)cc2OC(F)F)O1. The van der Waals surface area contributed by atoms with Crippen molar-refractivity contribution in [1.29, 1.82) is 0 Å². The monoisotopic (exact) mass is 384 g/mol. The van der Waals surface area contributed by atoms with Gasteiger partial charge >= 0.3 is 6.61 Å². The van der Waals surface area contributed by atoms with E-state index in [0.29, 0.717) is 23.6 Å². The lowest BCUT2D eigenvalue weighted by Gasteiger charge is -2.18. The molecular weight excluding hydrogens is 370 g/mol. The number of halogens is 4. The first-order valence-electron chi connectivity index (χ1n) is 6.65. The van der Waals surface area contributed by atoms with Gasteiger partial charge in [0.05, 0.1) is 12.7 Å². The van der Waals surface area contributed by atoms with Crippen molar-refractivity contribution in [2.45, 2.75) is 43.6 Å². The van der Waals surface area contributed by atoms with E-state index in [1.807, 2.05) is 6.92 Å². The van der Waals surface area contributed by atoms with E-state index in [-0.39, 0.29) is 23.0 Å². The Bertz CT molecular complexity index is 476. The molecule has 0 aromatic heterocycles. The molecule has 3 nitrogen and oxygen atoms in total. The van der Waals surface area contributed by atoms with Crippen molar-refractivity contribution in [3.05, 3.63) is 28.8 Å². The lowest BCUT2D eigenvalue weighted by atomic mass is 10.1. The molecule has 2 rings (SSSR count). The smallest absolute Gasteiger partial charge is 0.387 e. The fraction of sp³-hybridized carbons (Fsp3) is 0.571. The molecule has 3 atom stereocenters. The van der Waals surface area contributed by atoms with Crippen molar-refractivity contribution in [3.63, 3.8) is 0 Å². The first-order valence-corrected chi connectivity index (χ1v) is 7.94. The summed E-state index contributed by atoms with van der Waals surface area (Å²) in [5, 5.41) is 0.341. The minimum Gasteiger partial charge on any atom is -0.434 e. The Kier molecular flexibility index (Phi) is 6.22. The molecule has 1 aliphatic rings. The Morgan fingerprint density at radius 3 is 2.86 bits per heavy atom. The molecule has 3 unspecified atom stereocenters. The van der Waals surface area contributed by atoms with Gasteiger partial charge in [-0.25, -0.2) is 0 Å². The van der Waals surface area contributed by atoms with Gasteiger partial charge in [0.1, 0.15) is 5.75 Å². The molecule has 1 aliphatic heterocycles. The van der Waals surface area contributed by atoms with Crippen LogP contribution in [0.2, 0.25) is 5.02 Å². The summed E-state index contributed by atoms with van der Waals surface area (Å²) in [6, 6.07) is 4.67. The van der Waals surface area contributed by atoms with Gasteiger partial charge in [-0.1, -0.05) is 40.5 Å². The van der Waals surface area contributed by atoms with Crippen LogP contribution >= 0.6 is 27.5 Å². The topological polar surface area (TPSA) is 27.7 Å². The Morgan fingerprint density at radius 1 is 1.48 bits per heavy atom. The molecule has 0 N–H and O–H groups in total. The largest absolute Gasteiger partial charge is 0.434 e. The van der Waals surface area contributed by atoms with E-state index in [4.69, 9.17) is 21.1 Å². The Morgan fingerprint density at radius 2 is 2.24 bits per heavy atom. The first kappa shape index (κ1) is 16.9. The van der Waals surface area contributed by atoms with Crippen molar-refractivity contribution in [2.24, 2.45) is 0 Å². The van der Waals surface area contributed by atoms with Gasteiger partial charge in [-0.05, 0) is 18.6 Å². The van der Waals surface area contributed by atoms with Gasteiger partial charge in [-0.15, -0.1) is 0 Å². The van der Waals surface area contributed by atoms with Crippen LogP contribution in [0.5, 0.6) is 5.75 Å².